The SMILES string of the molecule is CCCCCC/C=C\C=C/CCCCCCCC(=O)O[C@H](COC(=O)CCCCCCCCCCC)COP(=O)(O)OC[C@H](O)COP(=O)(O)OC[C@@H](COC(=O)CCCCCCCCCCCCCCCCCCCC)OC(=O)CCCCCCCCCCCCCCCCCCCCCC. The number of hydrogen-bond donors (Lipinski definition) is 3. The van der Waals surface area contributed by atoms with Gasteiger partial charge in [0, 0.05) is 25.7 Å². The molecule has 0 saturated heterocycles. The van der Waals surface area contributed by atoms with Gasteiger partial charge in [-0.2, -0.15) is 0 Å². The van der Waals surface area contributed by atoms with Crippen molar-refractivity contribution >= 4 is 39.5 Å². The number of esters is 4. The van der Waals surface area contributed by atoms with Gasteiger partial charge in [0.25, 0.3) is 0 Å². The maximum Gasteiger partial charge on any atom is 0.472 e. The number of unbranched alkanes of at least 4 members (excludes halogenated alkanes) is 53. The Morgan fingerprint density at radius 3 is 0.716 bits per heavy atom. The average Bonchev–Trinajstić information content (AvgIpc) is 0.918. The smallest absolute Gasteiger partial charge is 0.462 e. The van der Waals surface area contributed by atoms with Gasteiger partial charge in [-0.3, -0.25) is 37.3 Å². The molecule has 0 rings (SSSR count). The minimum atomic E-state index is -4.97. The van der Waals surface area contributed by atoms with Crippen LogP contribution in [0.15, 0.2) is 24.3 Å². The molecule has 3 N–H and O–H groups in total. The molecule has 0 aliphatic carbocycles. The Hall–Kier alpha value is -2.46. The molecule has 102 heavy (non-hydrogen) atoms. The summed E-state index contributed by atoms with van der Waals surface area (Å²) in [5, 5.41) is 10.6. The predicted octanol–water partition coefficient (Wildman–Crippen LogP) is 24.9. The molecule has 0 aromatic rings. The normalized spacial score (nSPS) is 13.9. The van der Waals surface area contributed by atoms with Gasteiger partial charge in [0.1, 0.15) is 19.3 Å². The van der Waals surface area contributed by atoms with E-state index >= 15 is 0 Å². The third kappa shape index (κ3) is 75.8. The number of phosphoric acid groups is 2. The third-order valence-electron chi connectivity index (χ3n) is 19.0. The fourth-order valence-corrected chi connectivity index (χ4v) is 14.0. The average molecular weight is 1490 g/mol. The summed E-state index contributed by atoms with van der Waals surface area (Å²) in [5.41, 5.74) is 0. The van der Waals surface area contributed by atoms with Crippen molar-refractivity contribution in [2.45, 2.75) is 444 Å². The third-order valence-corrected chi connectivity index (χ3v) is 20.9. The van der Waals surface area contributed by atoms with Crippen LogP contribution in [0.2, 0.25) is 0 Å². The van der Waals surface area contributed by atoms with E-state index in [1.807, 2.05) is 0 Å². The van der Waals surface area contributed by atoms with Crippen molar-refractivity contribution in [1.29, 1.82) is 0 Å². The molecule has 17 nitrogen and oxygen atoms in total. The Kier molecular flexibility index (Phi) is 74.9. The number of hydrogen-bond acceptors (Lipinski definition) is 15. The maximum atomic E-state index is 13.1. The second-order valence-electron chi connectivity index (χ2n) is 29.2. The Bertz CT molecular complexity index is 2020. The van der Waals surface area contributed by atoms with Crippen LogP contribution in [0.3, 0.4) is 0 Å². The second-order valence-corrected chi connectivity index (χ2v) is 32.1. The van der Waals surface area contributed by atoms with E-state index in [9.17, 15) is 43.2 Å². The summed E-state index contributed by atoms with van der Waals surface area (Å²) < 4.78 is 68.7. The summed E-state index contributed by atoms with van der Waals surface area (Å²) in [6.07, 6.45) is 73.0. The fourth-order valence-electron chi connectivity index (χ4n) is 12.5. The van der Waals surface area contributed by atoms with E-state index in [4.69, 9.17) is 37.0 Å². The van der Waals surface area contributed by atoms with Gasteiger partial charge in [0.2, 0.25) is 0 Å². The summed E-state index contributed by atoms with van der Waals surface area (Å²) in [6.45, 7) is 4.95. The Morgan fingerprint density at radius 2 is 0.471 bits per heavy atom. The number of aliphatic hydroxyl groups is 1. The first-order chi connectivity index (χ1) is 49.7. The number of aliphatic hydroxyl groups excluding tert-OH is 1. The van der Waals surface area contributed by atoms with Crippen LogP contribution in [0.1, 0.15) is 426 Å². The molecule has 602 valence electrons. The van der Waals surface area contributed by atoms with Crippen LogP contribution >= 0.6 is 15.6 Å². The maximum absolute atomic E-state index is 13.1. The van der Waals surface area contributed by atoms with Gasteiger partial charge < -0.3 is 33.8 Å². The van der Waals surface area contributed by atoms with Gasteiger partial charge in [0.05, 0.1) is 26.4 Å². The lowest BCUT2D eigenvalue weighted by molar-refractivity contribution is -0.161. The van der Waals surface area contributed by atoms with Crippen molar-refractivity contribution in [3.8, 4) is 0 Å². The summed E-state index contributed by atoms with van der Waals surface area (Å²) in [6, 6.07) is 0. The van der Waals surface area contributed by atoms with E-state index in [0.717, 1.165) is 103 Å². The van der Waals surface area contributed by atoms with Crippen LogP contribution in [0.25, 0.3) is 0 Å². The highest BCUT2D eigenvalue weighted by Gasteiger charge is 2.30. The lowest BCUT2D eigenvalue weighted by Crippen LogP contribution is -2.30. The molecule has 0 amide bonds. The largest absolute Gasteiger partial charge is 0.472 e. The van der Waals surface area contributed by atoms with Gasteiger partial charge in [-0.15, -0.1) is 0 Å². The molecule has 0 spiro atoms. The highest BCUT2D eigenvalue weighted by molar-refractivity contribution is 7.47. The van der Waals surface area contributed by atoms with Gasteiger partial charge in [0.15, 0.2) is 12.2 Å². The molecule has 5 atom stereocenters. The standard InChI is InChI=1S/C83H158O17P2/c1-5-9-13-17-21-25-28-31-34-36-38-39-41-44-47-50-54-58-62-66-70-83(88)100-79(74-94-81(86)68-64-60-56-52-48-45-43-40-37-35-32-29-26-22-18-14-10-6-2)76-98-102(91,92)96-72-77(84)71-95-101(89,90)97-75-78(73-93-80(85)67-63-59-55-51-24-20-16-12-8-4)99-82(87)69-65-61-57-53-49-46-42-33-30-27-23-19-15-11-7-3/h27,30,33,42,77-79,84H,5-26,28-29,31-32,34-41,43-76H2,1-4H3,(H,89,90)(H,91,92)/b30-27-,42-33-/t77-,78+,79+/m0/s1. The van der Waals surface area contributed by atoms with Crippen molar-refractivity contribution in [2.75, 3.05) is 39.6 Å². The second kappa shape index (κ2) is 76.7. The molecule has 0 heterocycles. The minimum Gasteiger partial charge on any atom is -0.462 e. The topological polar surface area (TPSA) is 237 Å². The highest BCUT2D eigenvalue weighted by Crippen LogP contribution is 2.45. The fraction of sp³-hybridized carbons (Fsp3) is 0.904. The van der Waals surface area contributed by atoms with Crippen molar-refractivity contribution in [3.05, 3.63) is 24.3 Å². The molecular weight excluding hydrogens is 1330 g/mol. The number of rotatable bonds is 82. The van der Waals surface area contributed by atoms with Crippen molar-refractivity contribution in [3.63, 3.8) is 0 Å². The zero-order chi connectivity index (χ0) is 74.6. The van der Waals surface area contributed by atoms with Gasteiger partial charge >= 0.3 is 39.5 Å². The van der Waals surface area contributed by atoms with Crippen LogP contribution in [0.4, 0.5) is 0 Å². The monoisotopic (exact) mass is 1490 g/mol. The van der Waals surface area contributed by atoms with E-state index in [1.165, 1.54) is 244 Å². The zero-order valence-corrected chi connectivity index (χ0v) is 67.9. The summed E-state index contributed by atoms with van der Waals surface area (Å²) in [4.78, 5) is 73.0. The minimum absolute atomic E-state index is 0.0857. The molecule has 0 saturated carbocycles. The molecular formula is C83H158O17P2. The Balaban J connectivity index is 5.24. The van der Waals surface area contributed by atoms with Crippen molar-refractivity contribution in [2.24, 2.45) is 0 Å². The summed E-state index contributed by atoms with van der Waals surface area (Å²) in [5.74, 6) is -2.13. The number of carbonyl (C=O) groups is 4. The molecule has 0 aromatic heterocycles. The molecule has 0 aromatic carbocycles. The number of allylic oxidation sites excluding steroid dienone is 4. The molecule has 2 unspecified atom stereocenters. The van der Waals surface area contributed by atoms with Crippen molar-refractivity contribution < 1.29 is 80.2 Å². The van der Waals surface area contributed by atoms with E-state index in [1.54, 1.807) is 0 Å². The molecule has 0 aliphatic rings. The summed E-state index contributed by atoms with van der Waals surface area (Å²) >= 11 is 0. The zero-order valence-electron chi connectivity index (χ0n) is 66.1. The number of ether oxygens (including phenoxy) is 4. The van der Waals surface area contributed by atoms with Gasteiger partial charge in [-0.1, -0.05) is 373 Å². The molecule has 0 fully saturated rings. The van der Waals surface area contributed by atoms with Crippen LogP contribution in [-0.4, -0.2) is 96.7 Å². The van der Waals surface area contributed by atoms with Crippen LogP contribution in [0, 0.1) is 0 Å². The molecule has 0 bridgehead atoms. The van der Waals surface area contributed by atoms with E-state index in [0.29, 0.717) is 25.7 Å². The Labute approximate surface area is 624 Å². The Morgan fingerprint density at radius 1 is 0.275 bits per heavy atom. The lowest BCUT2D eigenvalue weighted by Gasteiger charge is -2.21. The number of carbonyl (C=O) groups excluding carboxylic acids is 4. The number of phosphoric ester groups is 2. The molecule has 0 radical (unpaired) electrons. The lowest BCUT2D eigenvalue weighted by atomic mass is 10.0. The van der Waals surface area contributed by atoms with Gasteiger partial charge in [-0.25, -0.2) is 9.13 Å². The quantitative estimate of drug-likeness (QED) is 0.0169. The van der Waals surface area contributed by atoms with E-state index in [-0.39, 0.29) is 25.7 Å². The molecule has 19 heteroatoms. The van der Waals surface area contributed by atoms with E-state index < -0.39 is 97.5 Å². The predicted molar refractivity (Wildman–Crippen MR) is 418 cm³/mol. The van der Waals surface area contributed by atoms with Crippen LogP contribution in [0.5, 0.6) is 0 Å². The van der Waals surface area contributed by atoms with Crippen LogP contribution < -0.4 is 0 Å². The molecule has 0 aliphatic heterocycles. The first kappa shape index (κ1) is 99.5. The van der Waals surface area contributed by atoms with Gasteiger partial charge in [-0.05, 0) is 51.4 Å². The first-order valence-corrected chi connectivity index (χ1v) is 45.6. The van der Waals surface area contributed by atoms with Crippen LogP contribution in [-0.2, 0) is 65.4 Å². The van der Waals surface area contributed by atoms with E-state index in [2.05, 4.69) is 52.0 Å². The summed E-state index contributed by atoms with van der Waals surface area (Å²) in [7, 11) is -9.93. The highest BCUT2D eigenvalue weighted by atomic mass is 31.2. The first-order valence-electron chi connectivity index (χ1n) is 42.6. The van der Waals surface area contributed by atoms with Crippen molar-refractivity contribution in [1.82, 2.24) is 0 Å².